The van der Waals surface area contributed by atoms with Crippen LogP contribution < -0.4 is 26.4 Å². The van der Waals surface area contributed by atoms with Crippen LogP contribution in [0.2, 0.25) is 0 Å². The summed E-state index contributed by atoms with van der Waals surface area (Å²) in [4.78, 5) is 51.9. The van der Waals surface area contributed by atoms with Crippen LogP contribution in [0.3, 0.4) is 0 Å². The molecule has 3 rings (SSSR count). The number of ether oxygens (including phenoxy) is 2. The topological polar surface area (TPSA) is 167 Å². The first-order valence-electron chi connectivity index (χ1n) is 10.9. The van der Waals surface area contributed by atoms with Crippen LogP contribution >= 0.6 is 11.5 Å². The molecule has 0 saturated heterocycles. The van der Waals surface area contributed by atoms with Crippen molar-refractivity contribution in [2.75, 3.05) is 30.9 Å². The van der Waals surface area contributed by atoms with Gasteiger partial charge in [-0.15, -0.1) is 0 Å². The Bertz CT molecular complexity index is 1310. The molecule has 1 heterocycles. The van der Waals surface area contributed by atoms with Crippen molar-refractivity contribution in [2.45, 2.75) is 13.0 Å². The molecule has 0 fully saturated rings. The molecule has 3 aromatic rings. The van der Waals surface area contributed by atoms with Crippen molar-refractivity contribution in [3.05, 3.63) is 70.5 Å². The normalized spacial score (nSPS) is 11.3. The lowest BCUT2D eigenvalue weighted by atomic mass is 10.0. The zero-order valence-corrected chi connectivity index (χ0v) is 20.7. The Morgan fingerprint density at radius 1 is 1.16 bits per heavy atom. The van der Waals surface area contributed by atoms with E-state index in [9.17, 15) is 23.6 Å². The molecule has 0 bridgehead atoms. The van der Waals surface area contributed by atoms with E-state index in [0.717, 1.165) is 17.0 Å². The quantitative estimate of drug-likeness (QED) is 0.335. The van der Waals surface area contributed by atoms with Gasteiger partial charge in [0.2, 0.25) is 5.91 Å². The molecule has 2 aromatic carbocycles. The Morgan fingerprint density at radius 3 is 2.46 bits per heavy atom. The SMILES string of the molecule is CCOC(=O)CNC(=O)[C@@H](c1ccc(F)cc1)N(C(=O)c1snc(C(N)=O)c1N)c1cccc(OC)c1. The molecule has 1 atom stereocenters. The number of hydrogen-bond acceptors (Lipinski definition) is 9. The maximum atomic E-state index is 13.9. The second-order valence-corrected chi connectivity index (χ2v) is 8.27. The van der Waals surface area contributed by atoms with Crippen molar-refractivity contribution in [1.82, 2.24) is 9.69 Å². The smallest absolute Gasteiger partial charge is 0.325 e. The minimum Gasteiger partial charge on any atom is -0.497 e. The van der Waals surface area contributed by atoms with Crippen LogP contribution in [0.4, 0.5) is 15.8 Å². The van der Waals surface area contributed by atoms with E-state index in [2.05, 4.69) is 9.69 Å². The van der Waals surface area contributed by atoms with Crippen molar-refractivity contribution in [1.29, 1.82) is 0 Å². The highest BCUT2D eigenvalue weighted by Crippen LogP contribution is 2.34. The van der Waals surface area contributed by atoms with Gasteiger partial charge in [-0.05, 0) is 48.3 Å². The van der Waals surface area contributed by atoms with Crippen LogP contribution in [0.25, 0.3) is 0 Å². The molecule has 0 saturated carbocycles. The highest BCUT2D eigenvalue weighted by molar-refractivity contribution is 7.09. The number of rotatable bonds is 10. The maximum Gasteiger partial charge on any atom is 0.325 e. The highest BCUT2D eigenvalue weighted by atomic mass is 32.1. The first-order chi connectivity index (χ1) is 17.7. The Balaban J connectivity index is 2.17. The van der Waals surface area contributed by atoms with Crippen LogP contribution in [0.1, 0.15) is 38.7 Å². The van der Waals surface area contributed by atoms with Crippen molar-refractivity contribution in [3.8, 4) is 5.75 Å². The maximum absolute atomic E-state index is 13.9. The number of anilines is 2. The molecule has 3 amide bonds. The van der Waals surface area contributed by atoms with Crippen molar-refractivity contribution in [2.24, 2.45) is 5.73 Å². The van der Waals surface area contributed by atoms with Gasteiger partial charge in [0.25, 0.3) is 11.8 Å². The van der Waals surface area contributed by atoms with Gasteiger partial charge in [-0.1, -0.05) is 18.2 Å². The predicted octanol–water partition coefficient (Wildman–Crippen LogP) is 2.04. The van der Waals surface area contributed by atoms with E-state index in [1.807, 2.05) is 0 Å². The summed E-state index contributed by atoms with van der Waals surface area (Å²) in [6.07, 6.45) is 0. The van der Waals surface area contributed by atoms with Crippen LogP contribution in [0.5, 0.6) is 5.75 Å². The highest BCUT2D eigenvalue weighted by Gasteiger charge is 2.36. The van der Waals surface area contributed by atoms with Crippen molar-refractivity contribution in [3.63, 3.8) is 0 Å². The number of nitrogens with zero attached hydrogens (tertiary/aromatic N) is 2. The van der Waals surface area contributed by atoms with Gasteiger partial charge in [0.15, 0.2) is 5.69 Å². The first-order valence-corrected chi connectivity index (χ1v) is 11.7. The molecule has 0 unspecified atom stereocenters. The van der Waals surface area contributed by atoms with Gasteiger partial charge < -0.3 is 26.3 Å². The standard InChI is InChI=1S/C24H24FN5O6S/c1-3-36-17(31)12-28-23(33)20(13-7-9-14(25)10-8-13)30(15-5-4-6-16(11-15)35-2)24(34)21-18(26)19(22(27)32)29-37-21/h4-11,20H,3,12,26H2,1-2H3,(H2,27,32)(H,28,33)/t20-/m1/s1. The molecular formula is C24H24FN5O6S. The fraction of sp³-hybridized carbons (Fsp3) is 0.208. The summed E-state index contributed by atoms with van der Waals surface area (Å²) in [5.41, 5.74) is 11.2. The van der Waals surface area contributed by atoms with E-state index in [1.54, 1.807) is 25.1 Å². The number of nitrogens with two attached hydrogens (primary N) is 2. The number of carbonyl (C=O) groups is 4. The van der Waals surface area contributed by atoms with Gasteiger partial charge in [0, 0.05) is 11.8 Å². The Labute approximate surface area is 215 Å². The first kappa shape index (κ1) is 27.1. The van der Waals surface area contributed by atoms with Gasteiger partial charge in [0.1, 0.15) is 29.0 Å². The molecule has 13 heteroatoms. The van der Waals surface area contributed by atoms with Crippen LogP contribution in [-0.4, -0.2) is 48.3 Å². The zero-order valence-electron chi connectivity index (χ0n) is 19.9. The van der Waals surface area contributed by atoms with Crippen molar-refractivity contribution >= 4 is 46.6 Å². The zero-order chi connectivity index (χ0) is 27.1. The molecule has 0 spiro atoms. The fourth-order valence-corrected chi connectivity index (χ4v) is 4.16. The summed E-state index contributed by atoms with van der Waals surface area (Å²) in [5, 5.41) is 2.45. The van der Waals surface area contributed by atoms with E-state index >= 15 is 0 Å². The number of nitrogen functional groups attached to an aromatic ring is 1. The second kappa shape index (κ2) is 11.9. The van der Waals surface area contributed by atoms with Crippen LogP contribution in [-0.2, 0) is 14.3 Å². The number of carbonyl (C=O) groups excluding carboxylic acids is 4. The van der Waals surface area contributed by atoms with Crippen LogP contribution in [0, 0.1) is 5.82 Å². The number of methoxy groups -OCH3 is 1. The molecule has 0 aliphatic heterocycles. The third-order valence-corrected chi connectivity index (χ3v) is 5.96. The summed E-state index contributed by atoms with van der Waals surface area (Å²) in [6.45, 7) is 1.25. The number of amides is 3. The second-order valence-electron chi connectivity index (χ2n) is 7.49. The summed E-state index contributed by atoms with van der Waals surface area (Å²) >= 11 is 0.633. The minimum absolute atomic E-state index is 0.108. The lowest BCUT2D eigenvalue weighted by molar-refractivity contribution is -0.143. The molecular weight excluding hydrogens is 505 g/mol. The molecule has 1 aromatic heterocycles. The molecule has 37 heavy (non-hydrogen) atoms. The molecule has 0 aliphatic rings. The molecule has 0 aliphatic carbocycles. The largest absolute Gasteiger partial charge is 0.497 e. The van der Waals surface area contributed by atoms with E-state index < -0.39 is 42.1 Å². The summed E-state index contributed by atoms with van der Waals surface area (Å²) in [7, 11) is 1.43. The van der Waals surface area contributed by atoms with Crippen molar-refractivity contribution < 1.29 is 33.0 Å². The van der Waals surface area contributed by atoms with Gasteiger partial charge >= 0.3 is 5.97 Å². The summed E-state index contributed by atoms with van der Waals surface area (Å²) < 4.78 is 27.7. The molecule has 11 nitrogen and oxygen atoms in total. The van der Waals surface area contributed by atoms with E-state index in [1.165, 1.54) is 25.3 Å². The molecule has 194 valence electrons. The summed E-state index contributed by atoms with van der Waals surface area (Å²) in [5.74, 6) is -3.37. The number of nitrogens with one attached hydrogen (secondary N) is 1. The van der Waals surface area contributed by atoms with E-state index in [-0.39, 0.29) is 34.1 Å². The lowest BCUT2D eigenvalue weighted by Crippen LogP contribution is -2.45. The Kier molecular flexibility index (Phi) is 8.74. The monoisotopic (exact) mass is 529 g/mol. The Hall–Kier alpha value is -4.52. The average molecular weight is 530 g/mol. The third kappa shape index (κ3) is 6.19. The minimum atomic E-state index is -1.41. The number of halogens is 1. The number of primary amides is 1. The van der Waals surface area contributed by atoms with E-state index in [0.29, 0.717) is 17.3 Å². The van der Waals surface area contributed by atoms with Gasteiger partial charge in [-0.25, -0.2) is 4.39 Å². The summed E-state index contributed by atoms with van der Waals surface area (Å²) in [6, 6.07) is 9.77. The number of hydrogen-bond donors (Lipinski definition) is 3. The molecule has 0 radical (unpaired) electrons. The van der Waals surface area contributed by atoms with E-state index in [4.69, 9.17) is 20.9 Å². The fourth-order valence-electron chi connectivity index (χ4n) is 3.41. The average Bonchev–Trinajstić information content (AvgIpc) is 3.28. The van der Waals surface area contributed by atoms with Gasteiger partial charge in [0.05, 0.1) is 19.4 Å². The third-order valence-electron chi connectivity index (χ3n) is 5.11. The van der Waals surface area contributed by atoms with Crippen LogP contribution in [0.15, 0.2) is 48.5 Å². The number of aromatic nitrogens is 1. The predicted molar refractivity (Wildman–Crippen MR) is 134 cm³/mol. The number of benzene rings is 2. The van der Waals surface area contributed by atoms with Gasteiger partial charge in [-0.2, -0.15) is 4.37 Å². The van der Waals surface area contributed by atoms with Gasteiger partial charge in [-0.3, -0.25) is 24.1 Å². The number of esters is 1. The Morgan fingerprint density at radius 2 is 1.86 bits per heavy atom. The lowest BCUT2D eigenvalue weighted by Gasteiger charge is -2.31. The molecule has 5 N–H and O–H groups in total.